The van der Waals surface area contributed by atoms with Crippen molar-refractivity contribution in [2.45, 2.75) is 33.2 Å². The zero-order valence-electron chi connectivity index (χ0n) is 9.77. The largest absolute Gasteiger partial charge is 0.480 e. The quantitative estimate of drug-likeness (QED) is 0.792. The number of aromatic nitrogens is 2. The van der Waals surface area contributed by atoms with Crippen LogP contribution in [-0.4, -0.2) is 27.3 Å². The molecule has 0 saturated heterocycles. The van der Waals surface area contributed by atoms with E-state index < -0.39 is 12.0 Å². The highest BCUT2D eigenvalue weighted by atomic mass is 16.4. The Morgan fingerprint density at radius 2 is 2.06 bits per heavy atom. The monoisotopic (exact) mass is 223 g/mol. The summed E-state index contributed by atoms with van der Waals surface area (Å²) in [7, 11) is 0. The van der Waals surface area contributed by atoms with Crippen molar-refractivity contribution in [3.63, 3.8) is 0 Å². The van der Waals surface area contributed by atoms with Gasteiger partial charge in [0.15, 0.2) is 0 Å². The fourth-order valence-corrected chi connectivity index (χ4v) is 1.25. The summed E-state index contributed by atoms with van der Waals surface area (Å²) < 4.78 is 0. The van der Waals surface area contributed by atoms with Crippen molar-refractivity contribution in [1.82, 2.24) is 10.2 Å². The van der Waals surface area contributed by atoms with E-state index in [4.69, 9.17) is 5.11 Å². The summed E-state index contributed by atoms with van der Waals surface area (Å²) in [5.74, 6) is 0.113. The molecule has 1 unspecified atom stereocenters. The SMILES string of the molecule is CC(C)Cc1ccc(NC(C)C(=O)O)nn1. The molecule has 88 valence electrons. The molecule has 0 radical (unpaired) electrons. The van der Waals surface area contributed by atoms with Gasteiger partial charge in [0.1, 0.15) is 11.9 Å². The number of nitrogens with zero attached hydrogens (tertiary/aromatic N) is 2. The van der Waals surface area contributed by atoms with Crippen molar-refractivity contribution in [1.29, 1.82) is 0 Å². The first kappa shape index (κ1) is 12.4. The number of anilines is 1. The summed E-state index contributed by atoms with van der Waals surface area (Å²) in [5, 5.41) is 19.4. The molecule has 5 heteroatoms. The van der Waals surface area contributed by atoms with E-state index in [9.17, 15) is 4.79 Å². The van der Waals surface area contributed by atoms with Crippen molar-refractivity contribution in [2.75, 3.05) is 5.32 Å². The van der Waals surface area contributed by atoms with Crippen LogP contribution in [-0.2, 0) is 11.2 Å². The first-order valence-corrected chi connectivity index (χ1v) is 5.31. The van der Waals surface area contributed by atoms with Crippen LogP contribution in [0.2, 0.25) is 0 Å². The van der Waals surface area contributed by atoms with Gasteiger partial charge in [-0.25, -0.2) is 0 Å². The van der Waals surface area contributed by atoms with Gasteiger partial charge in [0.25, 0.3) is 0 Å². The molecule has 0 fully saturated rings. The van der Waals surface area contributed by atoms with Crippen LogP contribution < -0.4 is 5.32 Å². The standard InChI is InChI=1S/C11H17N3O2/c1-7(2)6-9-4-5-10(14-13-9)12-8(3)11(15)16/h4-5,7-8H,6H2,1-3H3,(H,12,14)(H,15,16). The van der Waals surface area contributed by atoms with Crippen molar-refractivity contribution in [3.8, 4) is 0 Å². The van der Waals surface area contributed by atoms with Gasteiger partial charge in [-0.3, -0.25) is 4.79 Å². The number of nitrogens with one attached hydrogen (secondary N) is 1. The van der Waals surface area contributed by atoms with Gasteiger partial charge < -0.3 is 10.4 Å². The Kier molecular flexibility index (Phi) is 4.22. The molecule has 1 heterocycles. The van der Waals surface area contributed by atoms with E-state index in [0.29, 0.717) is 11.7 Å². The van der Waals surface area contributed by atoms with E-state index in [2.05, 4.69) is 29.4 Å². The van der Waals surface area contributed by atoms with E-state index in [0.717, 1.165) is 12.1 Å². The Morgan fingerprint density at radius 3 is 2.50 bits per heavy atom. The summed E-state index contributed by atoms with van der Waals surface area (Å²) in [4.78, 5) is 10.6. The zero-order chi connectivity index (χ0) is 12.1. The van der Waals surface area contributed by atoms with Gasteiger partial charge in [-0.05, 0) is 31.4 Å². The second-order valence-corrected chi connectivity index (χ2v) is 4.21. The van der Waals surface area contributed by atoms with Crippen LogP contribution in [0.5, 0.6) is 0 Å². The van der Waals surface area contributed by atoms with Crippen LogP contribution in [0.4, 0.5) is 5.82 Å². The van der Waals surface area contributed by atoms with Crippen molar-refractivity contribution in [3.05, 3.63) is 17.8 Å². The Hall–Kier alpha value is -1.65. The lowest BCUT2D eigenvalue weighted by Gasteiger charge is -2.09. The van der Waals surface area contributed by atoms with E-state index in [-0.39, 0.29) is 0 Å². The van der Waals surface area contributed by atoms with E-state index in [1.54, 1.807) is 13.0 Å². The van der Waals surface area contributed by atoms with Crippen LogP contribution >= 0.6 is 0 Å². The maximum absolute atomic E-state index is 10.6. The maximum atomic E-state index is 10.6. The predicted octanol–water partition coefficient (Wildman–Crippen LogP) is 1.56. The summed E-state index contributed by atoms with van der Waals surface area (Å²) in [5.41, 5.74) is 0.920. The molecular formula is C11H17N3O2. The molecule has 0 aliphatic carbocycles. The molecular weight excluding hydrogens is 206 g/mol. The lowest BCUT2D eigenvalue weighted by Crippen LogP contribution is -2.26. The van der Waals surface area contributed by atoms with E-state index in [1.807, 2.05) is 6.07 Å². The first-order chi connectivity index (χ1) is 7.49. The molecule has 0 amide bonds. The van der Waals surface area contributed by atoms with Crippen LogP contribution in [0.15, 0.2) is 12.1 Å². The highest BCUT2D eigenvalue weighted by molar-refractivity contribution is 5.76. The molecule has 0 saturated carbocycles. The second-order valence-electron chi connectivity index (χ2n) is 4.21. The predicted molar refractivity (Wildman–Crippen MR) is 61.3 cm³/mol. The third kappa shape index (κ3) is 3.84. The number of carboxylic acids is 1. The molecule has 1 atom stereocenters. The topological polar surface area (TPSA) is 75.1 Å². The van der Waals surface area contributed by atoms with Crippen LogP contribution in [0.1, 0.15) is 26.5 Å². The molecule has 1 aromatic heterocycles. The highest BCUT2D eigenvalue weighted by Crippen LogP contribution is 2.07. The van der Waals surface area contributed by atoms with Gasteiger partial charge in [0.2, 0.25) is 0 Å². The summed E-state index contributed by atoms with van der Waals surface area (Å²) in [6.45, 7) is 5.78. The fraction of sp³-hybridized carbons (Fsp3) is 0.545. The normalized spacial score (nSPS) is 12.5. The van der Waals surface area contributed by atoms with Gasteiger partial charge in [-0.1, -0.05) is 13.8 Å². The number of hydrogen-bond acceptors (Lipinski definition) is 4. The van der Waals surface area contributed by atoms with Gasteiger partial charge in [0.05, 0.1) is 5.69 Å². The molecule has 0 aliphatic rings. The minimum atomic E-state index is -0.909. The number of hydrogen-bond donors (Lipinski definition) is 2. The molecule has 1 rings (SSSR count). The highest BCUT2D eigenvalue weighted by Gasteiger charge is 2.10. The smallest absolute Gasteiger partial charge is 0.325 e. The Bertz CT molecular complexity index is 349. The Morgan fingerprint density at radius 1 is 1.38 bits per heavy atom. The summed E-state index contributed by atoms with van der Waals surface area (Å²) in [6, 6.07) is 2.96. The Labute approximate surface area is 94.9 Å². The molecule has 1 aromatic rings. The van der Waals surface area contributed by atoms with E-state index in [1.165, 1.54) is 0 Å². The number of carbonyl (C=O) groups is 1. The van der Waals surface area contributed by atoms with Gasteiger partial charge in [-0.2, -0.15) is 5.10 Å². The second kappa shape index (κ2) is 5.44. The average molecular weight is 223 g/mol. The number of rotatable bonds is 5. The first-order valence-electron chi connectivity index (χ1n) is 5.31. The van der Waals surface area contributed by atoms with Crippen molar-refractivity contribution in [2.24, 2.45) is 5.92 Å². The average Bonchev–Trinajstić information content (AvgIpc) is 2.20. The summed E-state index contributed by atoms with van der Waals surface area (Å²) in [6.07, 6.45) is 0.877. The molecule has 0 aromatic carbocycles. The number of aliphatic carboxylic acids is 1. The molecule has 2 N–H and O–H groups in total. The minimum Gasteiger partial charge on any atom is -0.480 e. The van der Waals surface area contributed by atoms with Crippen LogP contribution in [0.3, 0.4) is 0 Å². The third-order valence-corrected chi connectivity index (χ3v) is 2.07. The lowest BCUT2D eigenvalue weighted by molar-refractivity contribution is -0.137. The molecule has 0 bridgehead atoms. The molecule has 16 heavy (non-hydrogen) atoms. The van der Waals surface area contributed by atoms with Gasteiger partial charge >= 0.3 is 5.97 Å². The van der Waals surface area contributed by atoms with Gasteiger partial charge in [0, 0.05) is 0 Å². The van der Waals surface area contributed by atoms with Gasteiger partial charge in [-0.15, -0.1) is 5.10 Å². The maximum Gasteiger partial charge on any atom is 0.325 e. The van der Waals surface area contributed by atoms with E-state index >= 15 is 0 Å². The molecule has 0 spiro atoms. The van der Waals surface area contributed by atoms with Crippen LogP contribution in [0.25, 0.3) is 0 Å². The Balaban J connectivity index is 2.61. The van der Waals surface area contributed by atoms with Crippen LogP contribution in [0, 0.1) is 5.92 Å². The molecule has 5 nitrogen and oxygen atoms in total. The molecule has 0 aliphatic heterocycles. The van der Waals surface area contributed by atoms with Crippen molar-refractivity contribution >= 4 is 11.8 Å². The fourth-order valence-electron chi connectivity index (χ4n) is 1.25. The zero-order valence-corrected chi connectivity index (χ0v) is 9.77. The number of carboxylic acid groups (broad SMARTS) is 1. The van der Waals surface area contributed by atoms with Crippen molar-refractivity contribution < 1.29 is 9.90 Å². The summed E-state index contributed by atoms with van der Waals surface area (Å²) >= 11 is 0. The minimum absolute atomic E-state index is 0.488. The lowest BCUT2D eigenvalue weighted by atomic mass is 10.1. The third-order valence-electron chi connectivity index (χ3n) is 2.07.